The molecule has 0 fully saturated rings. The zero-order valence-electron chi connectivity index (χ0n) is 7.73. The Balaban J connectivity index is 2.84. The van der Waals surface area contributed by atoms with Gasteiger partial charge in [0.15, 0.2) is 0 Å². The van der Waals surface area contributed by atoms with Crippen molar-refractivity contribution in [3.63, 3.8) is 0 Å². The number of hydrogen-bond donors (Lipinski definition) is 2. The second-order valence-corrected chi connectivity index (χ2v) is 2.58. The number of amides is 1. The molecule has 0 atom stereocenters. The van der Waals surface area contributed by atoms with E-state index in [0.29, 0.717) is 0 Å². The minimum absolute atomic E-state index is 0.0162. The van der Waals surface area contributed by atoms with Crippen molar-refractivity contribution in [3.05, 3.63) is 30.3 Å². The maximum absolute atomic E-state index is 11.9. The van der Waals surface area contributed by atoms with E-state index in [9.17, 15) is 18.0 Å². The molecule has 0 aliphatic rings. The van der Waals surface area contributed by atoms with Crippen LogP contribution in [0.25, 0.3) is 0 Å². The first-order valence-electron chi connectivity index (χ1n) is 3.99. The van der Waals surface area contributed by atoms with Gasteiger partial charge in [-0.3, -0.25) is 0 Å². The summed E-state index contributed by atoms with van der Waals surface area (Å²) in [4.78, 5) is 13.7. The van der Waals surface area contributed by atoms with Crippen molar-refractivity contribution in [1.29, 1.82) is 0 Å². The number of nitrogens with one attached hydrogen (secondary N) is 1. The number of hydrazine groups is 1. The highest BCUT2D eigenvalue weighted by Gasteiger charge is 2.34. The van der Waals surface area contributed by atoms with E-state index in [1.165, 1.54) is 29.7 Å². The van der Waals surface area contributed by atoms with Gasteiger partial charge in [0.1, 0.15) is 0 Å². The minimum atomic E-state index is -4.99. The average molecular weight is 236 g/mol. The van der Waals surface area contributed by atoms with Crippen LogP contribution in [0.2, 0.25) is 0 Å². The summed E-state index contributed by atoms with van der Waals surface area (Å²) >= 11 is 0. The Morgan fingerprint density at radius 2 is 1.88 bits per heavy atom. The minimum Gasteiger partial charge on any atom is -0.464 e. The fraction of sp³-hybridized carbons (Fsp3) is 0.125. The summed E-state index contributed by atoms with van der Waals surface area (Å²) in [6.07, 6.45) is -6.66. The molecule has 0 radical (unpaired) electrons. The molecule has 0 heterocycles. The molecule has 0 saturated carbocycles. The van der Waals surface area contributed by atoms with Crippen LogP contribution in [-0.2, 0) is 4.84 Å². The van der Waals surface area contributed by atoms with Gasteiger partial charge in [0.2, 0.25) is 0 Å². The Hall–Kier alpha value is -1.96. The lowest BCUT2D eigenvalue weighted by Crippen LogP contribution is -2.45. The van der Waals surface area contributed by atoms with Crippen molar-refractivity contribution in [3.8, 4) is 0 Å². The van der Waals surface area contributed by atoms with Gasteiger partial charge in [-0.05, 0) is 12.1 Å². The van der Waals surface area contributed by atoms with E-state index in [1.54, 1.807) is 6.07 Å². The monoisotopic (exact) mass is 236 g/mol. The van der Waals surface area contributed by atoms with Crippen molar-refractivity contribution < 1.29 is 27.9 Å². The van der Waals surface area contributed by atoms with Crippen molar-refractivity contribution in [2.75, 3.05) is 5.17 Å². The van der Waals surface area contributed by atoms with Gasteiger partial charge in [-0.1, -0.05) is 18.2 Å². The van der Waals surface area contributed by atoms with Crippen LogP contribution < -0.4 is 10.6 Å². The van der Waals surface area contributed by atoms with Crippen molar-refractivity contribution in [2.24, 2.45) is 0 Å². The first kappa shape index (κ1) is 12.1. The summed E-state index contributed by atoms with van der Waals surface area (Å²) in [7, 11) is 0. The molecular weight excluding hydrogens is 229 g/mol. The second kappa shape index (κ2) is 4.71. The molecule has 0 bridgehead atoms. The number of benzene rings is 1. The lowest BCUT2D eigenvalue weighted by Gasteiger charge is -2.22. The molecule has 2 N–H and O–H groups in total. The van der Waals surface area contributed by atoms with Gasteiger partial charge in [0.25, 0.3) is 0 Å². The summed E-state index contributed by atoms with van der Waals surface area (Å²) in [5.74, 6) is 0. The average Bonchev–Trinajstić information content (AvgIpc) is 2.15. The number of anilines is 1. The van der Waals surface area contributed by atoms with Gasteiger partial charge >= 0.3 is 12.5 Å². The summed E-state index contributed by atoms with van der Waals surface area (Å²) < 4.78 is 35.8. The molecule has 8 heteroatoms. The van der Waals surface area contributed by atoms with Crippen LogP contribution in [0.15, 0.2) is 30.3 Å². The van der Waals surface area contributed by atoms with Gasteiger partial charge in [0, 0.05) is 0 Å². The van der Waals surface area contributed by atoms with E-state index < -0.39 is 12.5 Å². The van der Waals surface area contributed by atoms with E-state index >= 15 is 0 Å². The molecule has 0 aromatic heterocycles. The van der Waals surface area contributed by atoms with Gasteiger partial charge in [0.05, 0.1) is 5.69 Å². The van der Waals surface area contributed by atoms with Crippen LogP contribution in [0.4, 0.5) is 23.7 Å². The highest BCUT2D eigenvalue weighted by molar-refractivity contribution is 5.67. The Kier molecular flexibility index (Phi) is 3.56. The molecule has 0 aliphatic heterocycles. The standard InChI is InChI=1S/C8H7F3N2O3/c9-8(10,11)16-13(12-7(14)15)6-4-2-1-3-5-6/h1-5,12H,(H,14,15). The lowest BCUT2D eigenvalue weighted by atomic mass is 10.3. The fourth-order valence-corrected chi connectivity index (χ4v) is 0.894. The van der Waals surface area contributed by atoms with Gasteiger partial charge in [-0.15, -0.1) is 18.3 Å². The Morgan fingerprint density at radius 1 is 1.31 bits per heavy atom. The molecule has 1 aromatic rings. The number of nitrogens with zero attached hydrogens (tertiary/aromatic N) is 1. The van der Waals surface area contributed by atoms with Crippen molar-refractivity contribution >= 4 is 11.8 Å². The van der Waals surface area contributed by atoms with Crippen LogP contribution in [0.1, 0.15) is 0 Å². The molecule has 16 heavy (non-hydrogen) atoms. The van der Waals surface area contributed by atoms with Crippen LogP contribution in [-0.4, -0.2) is 17.6 Å². The third-order valence-corrected chi connectivity index (χ3v) is 1.38. The normalized spacial score (nSPS) is 10.9. The van der Waals surface area contributed by atoms with Crippen LogP contribution in [0.5, 0.6) is 0 Å². The van der Waals surface area contributed by atoms with E-state index in [4.69, 9.17) is 5.11 Å². The molecule has 88 valence electrons. The number of para-hydroxylation sites is 1. The third kappa shape index (κ3) is 4.05. The second-order valence-electron chi connectivity index (χ2n) is 2.58. The smallest absolute Gasteiger partial charge is 0.464 e. The number of alkyl halides is 3. The molecule has 1 rings (SSSR count). The predicted molar refractivity (Wildman–Crippen MR) is 47.2 cm³/mol. The van der Waals surface area contributed by atoms with Gasteiger partial charge < -0.3 is 5.11 Å². The molecule has 1 amide bonds. The van der Waals surface area contributed by atoms with Gasteiger partial charge in [-0.2, -0.15) is 4.84 Å². The number of rotatable bonds is 3. The van der Waals surface area contributed by atoms with Crippen LogP contribution in [0.3, 0.4) is 0 Å². The quantitative estimate of drug-likeness (QED) is 0.789. The van der Waals surface area contributed by atoms with Gasteiger partial charge in [-0.25, -0.2) is 10.2 Å². The topological polar surface area (TPSA) is 61.8 Å². The molecule has 1 aromatic carbocycles. The lowest BCUT2D eigenvalue weighted by molar-refractivity contribution is -0.333. The molecule has 0 saturated heterocycles. The number of hydrogen-bond acceptors (Lipinski definition) is 3. The van der Waals surface area contributed by atoms with Crippen LogP contribution >= 0.6 is 0 Å². The molecule has 5 nitrogen and oxygen atoms in total. The zero-order chi connectivity index (χ0) is 12.2. The number of carboxylic acid groups (broad SMARTS) is 1. The van der Waals surface area contributed by atoms with Crippen LogP contribution in [0, 0.1) is 0 Å². The first-order valence-corrected chi connectivity index (χ1v) is 3.99. The highest BCUT2D eigenvalue weighted by Crippen LogP contribution is 2.21. The van der Waals surface area contributed by atoms with E-state index in [2.05, 4.69) is 4.84 Å². The SMILES string of the molecule is O=C(O)NN(OC(F)(F)F)c1ccccc1. The third-order valence-electron chi connectivity index (χ3n) is 1.38. The maximum atomic E-state index is 11.9. The van der Waals surface area contributed by atoms with E-state index in [0.717, 1.165) is 0 Å². The zero-order valence-corrected chi connectivity index (χ0v) is 7.73. The van der Waals surface area contributed by atoms with Crippen molar-refractivity contribution in [2.45, 2.75) is 6.36 Å². The highest BCUT2D eigenvalue weighted by atomic mass is 19.4. The molecule has 0 aliphatic carbocycles. The van der Waals surface area contributed by atoms with E-state index in [1.807, 2.05) is 0 Å². The summed E-state index contributed by atoms with van der Waals surface area (Å²) in [6, 6.07) is 6.94. The Bertz CT molecular complexity index is 355. The predicted octanol–water partition coefficient (Wildman–Crippen LogP) is 2.13. The molecule has 0 spiro atoms. The first-order chi connectivity index (χ1) is 7.38. The largest absolute Gasteiger partial charge is 0.545 e. The molecule has 0 unspecified atom stereocenters. The molecular formula is C8H7F3N2O3. The number of halogens is 3. The number of carbonyl (C=O) groups is 1. The Labute approximate surface area is 88.0 Å². The Morgan fingerprint density at radius 3 is 2.31 bits per heavy atom. The fourth-order valence-electron chi connectivity index (χ4n) is 0.894. The van der Waals surface area contributed by atoms with Crippen molar-refractivity contribution in [1.82, 2.24) is 5.43 Å². The summed E-state index contributed by atoms with van der Waals surface area (Å²) in [5.41, 5.74) is 1.37. The summed E-state index contributed by atoms with van der Waals surface area (Å²) in [6.45, 7) is 0. The maximum Gasteiger partial charge on any atom is 0.545 e. The summed E-state index contributed by atoms with van der Waals surface area (Å²) in [5, 5.41) is 8.36. The van der Waals surface area contributed by atoms with E-state index in [-0.39, 0.29) is 10.9 Å².